The molecule has 0 unspecified atom stereocenters. The lowest BCUT2D eigenvalue weighted by Gasteiger charge is -2.39. The van der Waals surface area contributed by atoms with Crippen molar-refractivity contribution in [3.8, 4) is 5.75 Å². The number of ketones is 1. The van der Waals surface area contributed by atoms with Crippen LogP contribution in [0.4, 0.5) is 9.18 Å². The molecule has 146 valence electrons. The highest BCUT2D eigenvalue weighted by Gasteiger charge is 2.45. The molecule has 27 heavy (non-hydrogen) atoms. The van der Waals surface area contributed by atoms with Crippen molar-refractivity contribution in [1.29, 1.82) is 0 Å². The van der Waals surface area contributed by atoms with Crippen LogP contribution in [-0.2, 0) is 11.2 Å². The lowest BCUT2D eigenvalue weighted by atomic mass is 10.00. The van der Waals surface area contributed by atoms with Crippen LogP contribution in [0.2, 0.25) is 0 Å². The second kappa shape index (κ2) is 6.50. The highest BCUT2D eigenvalue weighted by Crippen LogP contribution is 2.39. The van der Waals surface area contributed by atoms with Gasteiger partial charge in [0.15, 0.2) is 17.3 Å². The number of ether oxygens (including phenoxy) is 2. The number of piperidine rings is 1. The number of Topliss-reactive ketones (excluding diaryl/α,β-unsaturated/α-hetero) is 1. The fraction of sp³-hybridized carbons (Fsp3) is 0.619. The minimum Gasteiger partial charge on any atom is -0.487 e. The van der Waals surface area contributed by atoms with Gasteiger partial charge in [-0.3, -0.25) is 4.79 Å². The van der Waals surface area contributed by atoms with Gasteiger partial charge in [0.1, 0.15) is 11.7 Å². The molecule has 3 atom stereocenters. The SMILES string of the molecule is CC(C)(C)OC(=O)N1[C@@H]2CC[C@H]1C[C@@H](Oc1cc3c(cc1F)CCC3=O)C2. The van der Waals surface area contributed by atoms with Crippen LogP contribution in [0.3, 0.4) is 0 Å². The molecule has 2 heterocycles. The first-order valence-corrected chi connectivity index (χ1v) is 9.75. The predicted octanol–water partition coefficient (Wildman–Crippen LogP) is 4.26. The third-order valence-corrected chi connectivity index (χ3v) is 5.67. The molecule has 4 rings (SSSR count). The van der Waals surface area contributed by atoms with E-state index in [1.54, 1.807) is 6.07 Å². The average molecular weight is 375 g/mol. The summed E-state index contributed by atoms with van der Waals surface area (Å²) in [7, 11) is 0. The van der Waals surface area contributed by atoms with Gasteiger partial charge >= 0.3 is 6.09 Å². The Morgan fingerprint density at radius 2 is 1.81 bits per heavy atom. The van der Waals surface area contributed by atoms with Gasteiger partial charge in [-0.15, -0.1) is 0 Å². The number of aryl methyl sites for hydroxylation is 1. The first-order valence-electron chi connectivity index (χ1n) is 9.75. The van der Waals surface area contributed by atoms with E-state index in [1.807, 2.05) is 25.7 Å². The van der Waals surface area contributed by atoms with E-state index in [9.17, 15) is 14.0 Å². The number of amides is 1. The second-order valence-corrected chi connectivity index (χ2v) is 8.85. The van der Waals surface area contributed by atoms with E-state index in [-0.39, 0.29) is 35.8 Å². The van der Waals surface area contributed by atoms with Gasteiger partial charge in [0.25, 0.3) is 0 Å². The van der Waals surface area contributed by atoms with E-state index in [0.717, 1.165) is 18.4 Å². The molecule has 3 aliphatic rings. The molecule has 0 N–H and O–H groups in total. The number of hydrogen-bond donors (Lipinski definition) is 0. The smallest absolute Gasteiger partial charge is 0.410 e. The van der Waals surface area contributed by atoms with E-state index in [0.29, 0.717) is 31.2 Å². The van der Waals surface area contributed by atoms with Crippen molar-refractivity contribution < 1.29 is 23.5 Å². The van der Waals surface area contributed by atoms with Crippen molar-refractivity contribution in [2.24, 2.45) is 0 Å². The standard InChI is InChI=1S/C21H26FNO4/c1-21(2,3)27-20(25)23-13-5-6-14(23)10-15(9-13)26-19-11-16-12(8-17(19)22)4-7-18(16)24/h8,11,13-15H,4-7,9-10H2,1-3H3/t13-,14+,15+. The van der Waals surface area contributed by atoms with Gasteiger partial charge in [0.2, 0.25) is 0 Å². The van der Waals surface area contributed by atoms with E-state index in [4.69, 9.17) is 9.47 Å². The topological polar surface area (TPSA) is 55.8 Å². The van der Waals surface area contributed by atoms with Crippen LogP contribution in [0, 0.1) is 5.82 Å². The number of carbonyl (C=O) groups excluding carboxylic acids is 2. The molecule has 0 spiro atoms. The summed E-state index contributed by atoms with van der Waals surface area (Å²) in [4.78, 5) is 26.3. The van der Waals surface area contributed by atoms with Gasteiger partial charge in [-0.2, -0.15) is 0 Å². The van der Waals surface area contributed by atoms with Gasteiger partial charge < -0.3 is 14.4 Å². The third-order valence-electron chi connectivity index (χ3n) is 5.67. The van der Waals surface area contributed by atoms with Crippen LogP contribution in [0.1, 0.15) is 68.8 Å². The number of fused-ring (bicyclic) bond motifs is 3. The molecule has 0 aromatic heterocycles. The van der Waals surface area contributed by atoms with E-state index in [1.165, 1.54) is 6.07 Å². The summed E-state index contributed by atoms with van der Waals surface area (Å²) < 4.78 is 25.9. The zero-order valence-electron chi connectivity index (χ0n) is 16.1. The van der Waals surface area contributed by atoms with E-state index in [2.05, 4.69) is 0 Å². The Morgan fingerprint density at radius 1 is 1.15 bits per heavy atom. The fourth-order valence-corrected chi connectivity index (χ4v) is 4.55. The number of nitrogens with zero attached hydrogens (tertiary/aromatic N) is 1. The zero-order valence-corrected chi connectivity index (χ0v) is 16.1. The van der Waals surface area contributed by atoms with E-state index >= 15 is 0 Å². The Bertz CT molecular complexity index is 771. The van der Waals surface area contributed by atoms with Crippen LogP contribution in [0.15, 0.2) is 12.1 Å². The number of carbonyl (C=O) groups is 2. The lowest BCUT2D eigenvalue weighted by Crippen LogP contribution is -2.50. The van der Waals surface area contributed by atoms with Crippen molar-refractivity contribution in [1.82, 2.24) is 4.90 Å². The van der Waals surface area contributed by atoms with Gasteiger partial charge in [0, 0.05) is 36.9 Å². The number of benzene rings is 1. The molecule has 2 fully saturated rings. The van der Waals surface area contributed by atoms with Gasteiger partial charge in [-0.25, -0.2) is 9.18 Å². The number of hydrogen-bond acceptors (Lipinski definition) is 4. The number of rotatable bonds is 2. The maximum Gasteiger partial charge on any atom is 0.410 e. The maximum atomic E-state index is 14.4. The van der Waals surface area contributed by atoms with Crippen molar-refractivity contribution in [3.63, 3.8) is 0 Å². The van der Waals surface area contributed by atoms with Gasteiger partial charge in [0.05, 0.1) is 0 Å². The minimum atomic E-state index is -0.524. The van der Waals surface area contributed by atoms with Crippen LogP contribution in [-0.4, -0.2) is 40.6 Å². The van der Waals surface area contributed by atoms with Crippen molar-refractivity contribution in [2.45, 2.75) is 83.1 Å². The second-order valence-electron chi connectivity index (χ2n) is 8.85. The third kappa shape index (κ3) is 3.54. The lowest BCUT2D eigenvalue weighted by molar-refractivity contribution is -0.00756. The van der Waals surface area contributed by atoms with Gasteiger partial charge in [-0.05, 0) is 57.7 Å². The largest absolute Gasteiger partial charge is 0.487 e. The highest BCUT2D eigenvalue weighted by molar-refractivity contribution is 6.00. The maximum absolute atomic E-state index is 14.4. The molecule has 1 aliphatic carbocycles. The molecule has 0 saturated carbocycles. The van der Waals surface area contributed by atoms with Crippen LogP contribution in [0.5, 0.6) is 5.75 Å². The Balaban J connectivity index is 1.46. The summed E-state index contributed by atoms with van der Waals surface area (Å²) in [6, 6.07) is 3.10. The van der Waals surface area contributed by atoms with Crippen LogP contribution < -0.4 is 4.74 Å². The minimum absolute atomic E-state index is 0.0506. The van der Waals surface area contributed by atoms with Crippen LogP contribution in [0.25, 0.3) is 0 Å². The quantitative estimate of drug-likeness (QED) is 0.775. The molecule has 2 saturated heterocycles. The summed E-state index contributed by atoms with van der Waals surface area (Å²) >= 11 is 0. The first-order chi connectivity index (χ1) is 12.7. The molecule has 1 aromatic carbocycles. The summed E-state index contributed by atoms with van der Waals surface area (Å²) in [5.41, 5.74) is 0.828. The molecule has 0 radical (unpaired) electrons. The van der Waals surface area contributed by atoms with Crippen molar-refractivity contribution >= 4 is 11.9 Å². The molecule has 1 amide bonds. The Morgan fingerprint density at radius 3 is 2.44 bits per heavy atom. The zero-order chi connectivity index (χ0) is 19.3. The number of halogens is 1. The molecule has 2 aliphatic heterocycles. The summed E-state index contributed by atoms with van der Waals surface area (Å²) in [5.74, 6) is -0.209. The normalized spacial score (nSPS) is 26.9. The highest BCUT2D eigenvalue weighted by atomic mass is 19.1. The van der Waals surface area contributed by atoms with Crippen molar-refractivity contribution in [3.05, 3.63) is 29.1 Å². The summed E-state index contributed by atoms with van der Waals surface area (Å²) in [6.45, 7) is 5.59. The monoisotopic (exact) mass is 375 g/mol. The first kappa shape index (κ1) is 18.3. The Kier molecular flexibility index (Phi) is 4.40. The molecule has 6 heteroatoms. The average Bonchev–Trinajstić information content (AvgIpc) is 3.04. The van der Waals surface area contributed by atoms with E-state index < -0.39 is 11.4 Å². The van der Waals surface area contributed by atoms with Crippen LogP contribution >= 0.6 is 0 Å². The fourth-order valence-electron chi connectivity index (χ4n) is 4.55. The molecule has 1 aromatic rings. The molecule has 2 bridgehead atoms. The summed E-state index contributed by atoms with van der Waals surface area (Å²) in [6.07, 6.45) is 3.73. The molecular formula is C21H26FNO4. The molecule has 5 nitrogen and oxygen atoms in total. The van der Waals surface area contributed by atoms with Gasteiger partial charge in [-0.1, -0.05) is 0 Å². The Hall–Kier alpha value is -2.11. The summed E-state index contributed by atoms with van der Waals surface area (Å²) in [5, 5.41) is 0. The molecular weight excluding hydrogens is 349 g/mol. The predicted molar refractivity (Wildman–Crippen MR) is 97.6 cm³/mol. The Labute approximate surface area is 158 Å². The van der Waals surface area contributed by atoms with Crippen molar-refractivity contribution in [2.75, 3.05) is 0 Å².